The number of halogens is 2. The van der Waals surface area contributed by atoms with E-state index in [1.807, 2.05) is 60.7 Å². The van der Waals surface area contributed by atoms with Crippen molar-refractivity contribution in [2.75, 3.05) is 6.61 Å². The van der Waals surface area contributed by atoms with Crippen molar-refractivity contribution >= 4 is 57.6 Å². The minimum absolute atomic E-state index is 0.00878. The van der Waals surface area contributed by atoms with Gasteiger partial charge in [-0.25, -0.2) is 9.78 Å². The second-order valence-corrected chi connectivity index (χ2v) is 12.4. The summed E-state index contributed by atoms with van der Waals surface area (Å²) in [6.45, 7) is 6.60. The molecule has 7 heteroatoms. The lowest BCUT2D eigenvalue weighted by Gasteiger charge is -2.36. The molecule has 5 nitrogen and oxygen atoms in total. The first kappa shape index (κ1) is 28.8. The zero-order valence-electron chi connectivity index (χ0n) is 23.3. The molecular formula is C34H32Cl2N2O3. The molecule has 1 amide bonds. The number of hydrogen-bond acceptors (Lipinski definition) is 4. The van der Waals surface area contributed by atoms with Gasteiger partial charge >= 0.3 is 5.97 Å². The molecule has 5 rings (SSSR count). The van der Waals surface area contributed by atoms with E-state index in [0.717, 1.165) is 39.8 Å². The summed E-state index contributed by atoms with van der Waals surface area (Å²) in [5.74, 6) is -0.635. The summed E-state index contributed by atoms with van der Waals surface area (Å²) >= 11 is 12.1. The quantitative estimate of drug-likeness (QED) is 0.231. The number of carbonyl (C=O) groups excluding carboxylic acids is 2. The number of allylic oxidation sites excluding steroid dienone is 1. The van der Waals surface area contributed by atoms with E-state index in [-0.39, 0.29) is 23.8 Å². The molecule has 0 unspecified atom stereocenters. The normalized spacial score (nSPS) is 15.9. The van der Waals surface area contributed by atoms with Crippen molar-refractivity contribution in [1.29, 1.82) is 0 Å². The van der Waals surface area contributed by atoms with Crippen LogP contribution >= 0.6 is 23.2 Å². The maximum Gasteiger partial charge on any atom is 0.339 e. The lowest BCUT2D eigenvalue weighted by molar-refractivity contribution is -0.124. The molecule has 41 heavy (non-hydrogen) atoms. The van der Waals surface area contributed by atoms with Gasteiger partial charge in [-0.1, -0.05) is 86.4 Å². The third kappa shape index (κ3) is 6.80. The SMILES string of the molecule is CC(C)(C)[C@@H]1C/C(=C/c2ccc(Cl)cc2)c2nc3ccccc3c(C(=O)OCC(=O)NCc3ccc(Cl)cc3)c2C1. The van der Waals surface area contributed by atoms with Crippen LogP contribution < -0.4 is 5.32 Å². The van der Waals surface area contributed by atoms with Gasteiger partial charge < -0.3 is 10.1 Å². The van der Waals surface area contributed by atoms with Crippen LogP contribution in [-0.4, -0.2) is 23.5 Å². The predicted octanol–water partition coefficient (Wildman–Crippen LogP) is 8.16. The fourth-order valence-electron chi connectivity index (χ4n) is 5.19. The number of aromatic nitrogens is 1. The molecule has 0 bridgehead atoms. The number of nitrogens with zero attached hydrogens (tertiary/aromatic N) is 1. The van der Waals surface area contributed by atoms with Gasteiger partial charge in [0.25, 0.3) is 5.91 Å². The van der Waals surface area contributed by atoms with E-state index < -0.39 is 5.97 Å². The Morgan fingerprint density at radius 2 is 1.61 bits per heavy atom. The number of rotatable bonds is 6. The number of ether oxygens (including phenoxy) is 1. The number of amides is 1. The molecule has 0 saturated carbocycles. The standard InChI is InChI=1S/C34H32Cl2N2O3/c1-34(2,3)24-17-23(16-21-8-12-25(35)13-9-21)32-28(18-24)31(27-6-4-5-7-29(27)38-32)33(40)41-20-30(39)37-19-22-10-14-26(36)15-11-22/h4-16,24H,17-20H2,1-3H3,(H,37,39)/b23-16-/t24-/m1/s1. The third-order valence-corrected chi connectivity index (χ3v) is 8.10. The van der Waals surface area contributed by atoms with Crippen LogP contribution in [0.2, 0.25) is 10.0 Å². The smallest absolute Gasteiger partial charge is 0.339 e. The lowest BCUT2D eigenvalue weighted by atomic mass is 9.69. The van der Waals surface area contributed by atoms with Gasteiger partial charge in [0, 0.05) is 22.0 Å². The van der Waals surface area contributed by atoms with Gasteiger partial charge in [0.2, 0.25) is 0 Å². The molecule has 4 aromatic rings. The average molecular weight is 588 g/mol. The van der Waals surface area contributed by atoms with Crippen molar-refractivity contribution in [3.05, 3.63) is 111 Å². The van der Waals surface area contributed by atoms with E-state index in [1.54, 1.807) is 12.1 Å². The third-order valence-electron chi connectivity index (χ3n) is 7.59. The van der Waals surface area contributed by atoms with E-state index in [0.29, 0.717) is 34.1 Å². The number of hydrogen-bond donors (Lipinski definition) is 1. The number of benzene rings is 3. The van der Waals surface area contributed by atoms with Crippen LogP contribution in [0.5, 0.6) is 0 Å². The Balaban J connectivity index is 1.48. The maximum atomic E-state index is 13.7. The number of esters is 1. The monoisotopic (exact) mass is 586 g/mol. The van der Waals surface area contributed by atoms with Crippen molar-refractivity contribution in [3.8, 4) is 0 Å². The van der Waals surface area contributed by atoms with E-state index in [2.05, 4.69) is 32.2 Å². The van der Waals surface area contributed by atoms with Gasteiger partial charge in [-0.3, -0.25) is 4.79 Å². The topological polar surface area (TPSA) is 68.3 Å². The predicted molar refractivity (Wildman–Crippen MR) is 166 cm³/mol. The molecular weight excluding hydrogens is 555 g/mol. The molecule has 0 radical (unpaired) electrons. The van der Waals surface area contributed by atoms with Crippen LogP contribution in [-0.2, 0) is 22.5 Å². The van der Waals surface area contributed by atoms with Crippen LogP contribution in [0.3, 0.4) is 0 Å². The molecule has 1 aliphatic rings. The minimum atomic E-state index is -0.526. The number of fused-ring (bicyclic) bond motifs is 2. The molecule has 3 aromatic carbocycles. The summed E-state index contributed by atoms with van der Waals surface area (Å²) in [5, 5.41) is 4.82. The van der Waals surface area contributed by atoms with Gasteiger partial charge in [-0.2, -0.15) is 0 Å². The van der Waals surface area contributed by atoms with Crippen LogP contribution in [0.4, 0.5) is 0 Å². The average Bonchev–Trinajstić information content (AvgIpc) is 2.95. The highest BCUT2D eigenvalue weighted by Crippen LogP contribution is 2.45. The first-order valence-electron chi connectivity index (χ1n) is 13.6. The van der Waals surface area contributed by atoms with Crippen molar-refractivity contribution < 1.29 is 14.3 Å². The zero-order valence-corrected chi connectivity index (χ0v) is 24.9. The molecule has 1 heterocycles. The van der Waals surface area contributed by atoms with Crippen molar-refractivity contribution in [2.24, 2.45) is 11.3 Å². The fraction of sp³-hybridized carbons (Fsp3) is 0.265. The lowest BCUT2D eigenvalue weighted by Crippen LogP contribution is -2.30. The highest BCUT2D eigenvalue weighted by molar-refractivity contribution is 6.30. The van der Waals surface area contributed by atoms with Crippen molar-refractivity contribution in [1.82, 2.24) is 10.3 Å². The second kappa shape index (κ2) is 12.1. The highest BCUT2D eigenvalue weighted by Gasteiger charge is 2.35. The Morgan fingerprint density at radius 1 is 0.951 bits per heavy atom. The Kier molecular flexibility index (Phi) is 8.48. The summed E-state index contributed by atoms with van der Waals surface area (Å²) in [6.07, 6.45) is 3.64. The Morgan fingerprint density at radius 3 is 2.29 bits per heavy atom. The van der Waals surface area contributed by atoms with Crippen molar-refractivity contribution in [3.63, 3.8) is 0 Å². The molecule has 1 aliphatic carbocycles. The molecule has 0 aliphatic heterocycles. The number of carbonyl (C=O) groups is 2. The Labute approximate surface area is 250 Å². The number of pyridine rings is 1. The second-order valence-electron chi connectivity index (χ2n) is 11.5. The van der Waals surface area contributed by atoms with Gasteiger partial charge in [-0.05, 0) is 82.8 Å². The van der Waals surface area contributed by atoms with Crippen molar-refractivity contribution in [2.45, 2.75) is 40.2 Å². The minimum Gasteiger partial charge on any atom is -0.452 e. The van der Waals surface area contributed by atoms with Gasteiger partial charge in [0.1, 0.15) is 0 Å². The summed E-state index contributed by atoms with van der Waals surface area (Å²) in [6, 6.07) is 22.5. The van der Waals surface area contributed by atoms with E-state index >= 15 is 0 Å². The molecule has 0 spiro atoms. The fourth-order valence-corrected chi connectivity index (χ4v) is 5.44. The molecule has 1 atom stereocenters. The highest BCUT2D eigenvalue weighted by atomic mass is 35.5. The molecule has 0 fully saturated rings. The van der Waals surface area contributed by atoms with Crippen LogP contribution in [0.25, 0.3) is 22.6 Å². The summed E-state index contributed by atoms with van der Waals surface area (Å²) in [4.78, 5) is 31.4. The van der Waals surface area contributed by atoms with Gasteiger partial charge in [0.05, 0.1) is 16.8 Å². The first-order chi connectivity index (χ1) is 19.6. The number of para-hydroxylation sites is 1. The zero-order chi connectivity index (χ0) is 29.1. The van der Waals surface area contributed by atoms with Crippen LogP contribution in [0.1, 0.15) is 59.9 Å². The van der Waals surface area contributed by atoms with E-state index in [9.17, 15) is 9.59 Å². The maximum absolute atomic E-state index is 13.7. The largest absolute Gasteiger partial charge is 0.452 e. The first-order valence-corrected chi connectivity index (χ1v) is 14.4. The Hall–Kier alpha value is -3.67. The summed E-state index contributed by atoms with van der Waals surface area (Å²) in [5.41, 5.74) is 5.82. The molecule has 0 saturated heterocycles. The van der Waals surface area contributed by atoms with Crippen LogP contribution in [0.15, 0.2) is 72.8 Å². The molecule has 1 aromatic heterocycles. The van der Waals surface area contributed by atoms with Gasteiger partial charge in [-0.15, -0.1) is 0 Å². The van der Waals surface area contributed by atoms with E-state index in [1.165, 1.54) is 0 Å². The number of nitrogens with one attached hydrogen (secondary N) is 1. The molecule has 210 valence electrons. The van der Waals surface area contributed by atoms with E-state index in [4.69, 9.17) is 32.9 Å². The Bertz CT molecular complexity index is 1620. The van der Waals surface area contributed by atoms with Crippen LogP contribution in [0, 0.1) is 11.3 Å². The molecule has 1 N–H and O–H groups in total. The summed E-state index contributed by atoms with van der Waals surface area (Å²) < 4.78 is 5.63. The summed E-state index contributed by atoms with van der Waals surface area (Å²) in [7, 11) is 0. The van der Waals surface area contributed by atoms with Gasteiger partial charge in [0.15, 0.2) is 6.61 Å².